The van der Waals surface area contributed by atoms with Gasteiger partial charge in [-0.15, -0.1) is 6.42 Å². The molecule has 0 aliphatic carbocycles. The maximum absolute atomic E-state index is 10.9. The lowest BCUT2D eigenvalue weighted by molar-refractivity contribution is -0.111. The van der Waals surface area contributed by atoms with Crippen LogP contribution in [0.3, 0.4) is 0 Å². The number of carbonyl (C=O) groups is 1. The zero-order valence-electron chi connectivity index (χ0n) is 13.3. The van der Waals surface area contributed by atoms with Crippen molar-refractivity contribution in [1.29, 1.82) is 0 Å². The molecule has 2 rings (SSSR count). The van der Waals surface area contributed by atoms with Gasteiger partial charge in [-0.1, -0.05) is 12.8 Å². The molecular weight excluding hydrogens is 274 g/mol. The second-order valence-electron chi connectivity index (χ2n) is 5.65. The summed E-state index contributed by atoms with van der Waals surface area (Å²) in [6.45, 7) is 6.00. The fraction of sp³-hybridized carbons (Fsp3) is 0.368. The van der Waals surface area contributed by atoms with Crippen LogP contribution in [-0.4, -0.2) is 17.4 Å². The molecule has 0 radical (unpaired) electrons. The quantitative estimate of drug-likeness (QED) is 0.599. The number of aldehydes is 1. The van der Waals surface area contributed by atoms with Gasteiger partial charge in [0.25, 0.3) is 0 Å². The molecule has 0 spiro atoms. The zero-order valence-corrected chi connectivity index (χ0v) is 13.3. The van der Waals surface area contributed by atoms with E-state index in [0.717, 1.165) is 46.9 Å². The van der Waals surface area contributed by atoms with Crippen molar-refractivity contribution in [2.75, 3.05) is 0 Å². The number of ether oxygens (including phenoxy) is 1. The second-order valence-corrected chi connectivity index (χ2v) is 5.65. The molecule has 0 aliphatic rings. The Hall–Kier alpha value is -2.34. The van der Waals surface area contributed by atoms with E-state index in [9.17, 15) is 4.79 Å². The van der Waals surface area contributed by atoms with Gasteiger partial charge in [0.05, 0.1) is 11.6 Å². The van der Waals surface area contributed by atoms with E-state index in [4.69, 9.17) is 11.2 Å². The summed E-state index contributed by atoms with van der Waals surface area (Å²) in [5.41, 5.74) is 2.73. The maximum Gasteiger partial charge on any atom is 0.123 e. The summed E-state index contributed by atoms with van der Waals surface area (Å²) in [5, 5.41) is 0.972. The highest BCUT2D eigenvalue weighted by Gasteiger charge is 2.13. The fourth-order valence-corrected chi connectivity index (χ4v) is 2.57. The predicted molar refractivity (Wildman–Crippen MR) is 89.0 cm³/mol. The minimum absolute atomic E-state index is 0.0178. The number of hydrogen-bond donors (Lipinski definition) is 0. The number of fused-ring (bicyclic) bond motifs is 1. The number of carbonyl (C=O) groups excluding carboxylic acids is 1. The van der Waals surface area contributed by atoms with Gasteiger partial charge >= 0.3 is 0 Å². The molecule has 3 nitrogen and oxygen atoms in total. The highest BCUT2D eigenvalue weighted by molar-refractivity contribution is 5.84. The van der Waals surface area contributed by atoms with E-state index in [1.807, 2.05) is 39.0 Å². The van der Waals surface area contributed by atoms with Crippen LogP contribution < -0.4 is 4.74 Å². The van der Waals surface area contributed by atoms with Crippen LogP contribution in [0, 0.1) is 25.2 Å². The maximum atomic E-state index is 10.9. The number of aryl methyl sites for hydroxylation is 1. The molecule has 2 unspecified atom stereocenters. The third kappa shape index (κ3) is 3.65. The van der Waals surface area contributed by atoms with Crippen LogP contribution in [-0.2, 0) is 4.79 Å². The normalized spacial score (nSPS) is 13.4. The van der Waals surface area contributed by atoms with Crippen LogP contribution in [0.25, 0.3) is 10.9 Å². The molecule has 0 bridgehead atoms. The van der Waals surface area contributed by atoms with Crippen LogP contribution >= 0.6 is 0 Å². The van der Waals surface area contributed by atoms with Gasteiger partial charge in [-0.25, -0.2) is 0 Å². The van der Waals surface area contributed by atoms with Crippen LogP contribution in [0.5, 0.6) is 5.75 Å². The number of benzene rings is 1. The Morgan fingerprint density at radius 3 is 2.82 bits per heavy atom. The van der Waals surface area contributed by atoms with Crippen LogP contribution in [0.15, 0.2) is 24.4 Å². The van der Waals surface area contributed by atoms with E-state index < -0.39 is 0 Å². The molecule has 0 saturated carbocycles. The van der Waals surface area contributed by atoms with Crippen molar-refractivity contribution in [2.24, 2.45) is 5.92 Å². The first kappa shape index (κ1) is 16.0. The second kappa shape index (κ2) is 7.09. The van der Waals surface area contributed by atoms with Crippen molar-refractivity contribution in [1.82, 2.24) is 4.98 Å². The summed E-state index contributed by atoms with van der Waals surface area (Å²) < 4.78 is 5.97. The molecule has 3 heteroatoms. The average molecular weight is 295 g/mol. The first-order valence-electron chi connectivity index (χ1n) is 7.56. The molecule has 1 heterocycles. The molecule has 2 aromatic rings. The first-order chi connectivity index (χ1) is 10.6. The van der Waals surface area contributed by atoms with E-state index in [2.05, 4.69) is 10.9 Å². The highest BCUT2D eigenvalue weighted by atomic mass is 16.5. The summed E-state index contributed by atoms with van der Waals surface area (Å²) in [5.74, 6) is 3.43. The lowest BCUT2D eigenvalue weighted by atomic mass is 10.0. The lowest BCUT2D eigenvalue weighted by Crippen LogP contribution is -2.17. The Bertz CT molecular complexity index is 715. The van der Waals surface area contributed by atoms with Gasteiger partial charge < -0.3 is 9.53 Å². The summed E-state index contributed by atoms with van der Waals surface area (Å²) >= 11 is 0. The molecule has 0 aliphatic heterocycles. The highest BCUT2D eigenvalue weighted by Crippen LogP contribution is 2.26. The van der Waals surface area contributed by atoms with Gasteiger partial charge in [-0.2, -0.15) is 0 Å². The first-order valence-corrected chi connectivity index (χ1v) is 7.56. The van der Waals surface area contributed by atoms with Crippen molar-refractivity contribution < 1.29 is 9.53 Å². The summed E-state index contributed by atoms with van der Waals surface area (Å²) in [4.78, 5) is 15.3. The van der Waals surface area contributed by atoms with Crippen molar-refractivity contribution >= 4 is 17.2 Å². The third-order valence-electron chi connectivity index (χ3n) is 3.80. The Morgan fingerprint density at radius 1 is 1.41 bits per heavy atom. The number of terminal acetylenes is 1. The lowest BCUT2D eigenvalue weighted by Gasteiger charge is -2.18. The van der Waals surface area contributed by atoms with Crippen molar-refractivity contribution in [3.8, 4) is 18.1 Å². The summed E-state index contributed by atoms with van der Waals surface area (Å²) in [6.07, 6.45) is 9.68. The number of rotatable bonds is 6. The summed E-state index contributed by atoms with van der Waals surface area (Å²) in [6, 6.07) is 5.87. The van der Waals surface area contributed by atoms with E-state index in [-0.39, 0.29) is 12.0 Å². The third-order valence-corrected chi connectivity index (χ3v) is 3.80. The minimum Gasteiger partial charge on any atom is -0.491 e. The van der Waals surface area contributed by atoms with Crippen molar-refractivity contribution in [3.63, 3.8) is 0 Å². The molecule has 1 aromatic heterocycles. The monoisotopic (exact) mass is 295 g/mol. The van der Waals surface area contributed by atoms with Crippen LogP contribution in [0.4, 0.5) is 0 Å². The van der Waals surface area contributed by atoms with E-state index in [1.54, 1.807) is 6.20 Å². The van der Waals surface area contributed by atoms with Gasteiger partial charge in [0, 0.05) is 23.1 Å². The topological polar surface area (TPSA) is 39.2 Å². The van der Waals surface area contributed by atoms with Gasteiger partial charge in [0.1, 0.15) is 12.0 Å². The van der Waals surface area contributed by atoms with Gasteiger partial charge in [0.15, 0.2) is 0 Å². The molecule has 0 N–H and O–H groups in total. The Labute approximate surface area is 131 Å². The standard InChI is InChI=1S/C19H21NO2/c1-5-15-9-17-10-18(7-13(3)19(17)20-11-15)22-14(4)8-16(6-2)12-21/h1,7,9-12,14,16H,6,8H2,2-4H3. The molecule has 0 fully saturated rings. The Morgan fingerprint density at radius 2 is 2.18 bits per heavy atom. The number of nitrogens with zero attached hydrogens (tertiary/aromatic N) is 1. The summed E-state index contributed by atoms with van der Waals surface area (Å²) in [7, 11) is 0. The van der Waals surface area contributed by atoms with Crippen molar-refractivity contribution in [2.45, 2.75) is 39.7 Å². The average Bonchev–Trinajstić information content (AvgIpc) is 2.51. The Balaban J connectivity index is 2.24. The van der Waals surface area contributed by atoms with Gasteiger partial charge in [-0.3, -0.25) is 4.98 Å². The van der Waals surface area contributed by atoms with Crippen LogP contribution in [0.1, 0.15) is 37.8 Å². The predicted octanol–water partition coefficient (Wildman–Crippen LogP) is 3.91. The SMILES string of the molecule is C#Cc1cnc2c(C)cc(OC(C)CC(C=O)CC)cc2c1. The van der Waals surface area contributed by atoms with E-state index >= 15 is 0 Å². The van der Waals surface area contributed by atoms with Gasteiger partial charge in [-0.05, 0) is 50.5 Å². The number of aromatic nitrogens is 1. The largest absolute Gasteiger partial charge is 0.491 e. The van der Waals surface area contributed by atoms with Gasteiger partial charge in [0.2, 0.25) is 0 Å². The van der Waals surface area contributed by atoms with Crippen molar-refractivity contribution in [3.05, 3.63) is 35.5 Å². The van der Waals surface area contributed by atoms with E-state index in [1.165, 1.54) is 0 Å². The molecule has 114 valence electrons. The molecular formula is C19H21NO2. The smallest absolute Gasteiger partial charge is 0.123 e. The number of pyridine rings is 1. The molecule has 1 aromatic carbocycles. The Kier molecular flexibility index (Phi) is 5.16. The zero-order chi connectivity index (χ0) is 16.1. The molecule has 2 atom stereocenters. The number of hydrogen-bond acceptors (Lipinski definition) is 3. The van der Waals surface area contributed by atoms with Crippen LogP contribution in [0.2, 0.25) is 0 Å². The fourth-order valence-electron chi connectivity index (χ4n) is 2.57. The molecule has 0 amide bonds. The molecule has 0 saturated heterocycles. The minimum atomic E-state index is -0.0178. The molecule has 22 heavy (non-hydrogen) atoms. The van der Waals surface area contributed by atoms with E-state index in [0.29, 0.717) is 0 Å².